The van der Waals surface area contributed by atoms with Crippen molar-refractivity contribution in [2.45, 2.75) is 32.2 Å². The average molecular weight is 395 g/mol. The molecule has 5 nitrogen and oxygen atoms in total. The minimum atomic E-state index is -0.295. The predicted molar refractivity (Wildman–Crippen MR) is 102 cm³/mol. The summed E-state index contributed by atoms with van der Waals surface area (Å²) in [5, 5.41) is 6.67. The van der Waals surface area contributed by atoms with E-state index in [1.54, 1.807) is 11.9 Å². The lowest BCUT2D eigenvalue weighted by Gasteiger charge is -2.31. The van der Waals surface area contributed by atoms with Crippen LogP contribution < -0.4 is 10.6 Å². The van der Waals surface area contributed by atoms with Gasteiger partial charge in [-0.1, -0.05) is 40.9 Å². The smallest absolute Gasteiger partial charge is 0.230 e. The maximum absolute atomic E-state index is 12.6. The molecule has 0 unspecified atom stereocenters. The number of hydrogen-bond acceptors (Lipinski definition) is 2. The van der Waals surface area contributed by atoms with Gasteiger partial charge < -0.3 is 15.5 Å². The van der Waals surface area contributed by atoms with Gasteiger partial charge in [0.25, 0.3) is 0 Å². The molecule has 0 spiro atoms. The zero-order chi connectivity index (χ0) is 17.6. The molecular formula is C18H27BrN4O. The van der Waals surface area contributed by atoms with Crippen LogP contribution in [0, 0.1) is 5.41 Å². The molecule has 0 saturated heterocycles. The molecule has 0 aliphatic heterocycles. The van der Waals surface area contributed by atoms with Crippen LogP contribution in [0.1, 0.15) is 31.2 Å². The second kappa shape index (κ2) is 8.51. The summed E-state index contributed by atoms with van der Waals surface area (Å²) in [6, 6.07) is 8.17. The van der Waals surface area contributed by atoms with Gasteiger partial charge in [-0.3, -0.25) is 9.79 Å². The molecule has 132 valence electrons. The Bertz CT molecular complexity index is 594. The minimum Gasteiger partial charge on any atom is -0.355 e. The van der Waals surface area contributed by atoms with E-state index in [9.17, 15) is 4.79 Å². The molecule has 0 atom stereocenters. The van der Waals surface area contributed by atoms with Gasteiger partial charge in [0.2, 0.25) is 5.91 Å². The first kappa shape index (κ1) is 18.8. The van der Waals surface area contributed by atoms with Gasteiger partial charge in [-0.05, 0) is 30.5 Å². The highest BCUT2D eigenvalue weighted by atomic mass is 79.9. The SMILES string of the molecule is CN=C(NCc1cccc(Br)c1)NCC1(C(=O)N(C)C)CCCC1. The van der Waals surface area contributed by atoms with Crippen molar-refractivity contribution in [3.8, 4) is 0 Å². The molecule has 2 N–H and O–H groups in total. The summed E-state index contributed by atoms with van der Waals surface area (Å²) >= 11 is 3.48. The van der Waals surface area contributed by atoms with Crippen molar-refractivity contribution < 1.29 is 4.79 Å². The Balaban J connectivity index is 1.93. The number of carbonyl (C=O) groups is 1. The van der Waals surface area contributed by atoms with Crippen LogP contribution in [0.4, 0.5) is 0 Å². The molecule has 0 bridgehead atoms. The standard InChI is InChI=1S/C18H27BrN4O/c1-20-17(21-12-14-7-6-8-15(19)11-14)22-13-18(9-4-5-10-18)16(24)23(2)3/h6-8,11H,4-5,9-10,12-13H2,1-3H3,(H2,20,21,22). The summed E-state index contributed by atoms with van der Waals surface area (Å²) < 4.78 is 1.06. The zero-order valence-electron chi connectivity index (χ0n) is 14.7. The maximum Gasteiger partial charge on any atom is 0.230 e. The zero-order valence-corrected chi connectivity index (χ0v) is 16.3. The highest BCUT2D eigenvalue weighted by Crippen LogP contribution is 2.38. The number of guanidine groups is 1. The molecule has 1 aliphatic carbocycles. The highest BCUT2D eigenvalue weighted by molar-refractivity contribution is 9.10. The number of aliphatic imine (C=N–C) groups is 1. The lowest BCUT2D eigenvalue weighted by molar-refractivity contribution is -0.138. The molecule has 1 aliphatic rings. The third kappa shape index (κ3) is 4.72. The highest BCUT2D eigenvalue weighted by Gasteiger charge is 2.42. The van der Waals surface area contributed by atoms with Gasteiger partial charge >= 0.3 is 0 Å². The van der Waals surface area contributed by atoms with E-state index in [1.807, 2.05) is 26.2 Å². The Hall–Kier alpha value is -1.56. The van der Waals surface area contributed by atoms with Gasteiger partial charge in [0.1, 0.15) is 0 Å². The van der Waals surface area contributed by atoms with Crippen LogP contribution in [0.3, 0.4) is 0 Å². The van der Waals surface area contributed by atoms with E-state index in [1.165, 1.54) is 5.56 Å². The number of halogens is 1. The monoisotopic (exact) mass is 394 g/mol. The maximum atomic E-state index is 12.6. The molecule has 1 saturated carbocycles. The molecule has 2 rings (SSSR count). The summed E-state index contributed by atoms with van der Waals surface area (Å²) in [7, 11) is 5.43. The van der Waals surface area contributed by atoms with Crippen LogP contribution in [-0.2, 0) is 11.3 Å². The van der Waals surface area contributed by atoms with E-state index in [2.05, 4.69) is 43.7 Å². The third-order valence-electron chi connectivity index (χ3n) is 4.59. The van der Waals surface area contributed by atoms with Gasteiger partial charge in [0.15, 0.2) is 5.96 Å². The largest absolute Gasteiger partial charge is 0.355 e. The Kier molecular flexibility index (Phi) is 6.66. The summed E-state index contributed by atoms with van der Waals surface area (Å²) in [6.07, 6.45) is 4.12. The van der Waals surface area contributed by atoms with Crippen molar-refractivity contribution in [1.29, 1.82) is 0 Å². The fourth-order valence-electron chi connectivity index (χ4n) is 3.30. The molecule has 24 heavy (non-hydrogen) atoms. The number of rotatable bonds is 5. The number of amides is 1. The predicted octanol–water partition coefficient (Wildman–Crippen LogP) is 2.76. The van der Waals surface area contributed by atoms with Gasteiger partial charge in [-0.25, -0.2) is 0 Å². The minimum absolute atomic E-state index is 0.218. The first-order valence-corrected chi connectivity index (χ1v) is 9.17. The summed E-state index contributed by atoms with van der Waals surface area (Å²) in [5.41, 5.74) is 0.879. The third-order valence-corrected chi connectivity index (χ3v) is 5.08. The molecule has 0 heterocycles. The molecule has 1 aromatic carbocycles. The Morgan fingerprint density at radius 2 is 2.00 bits per heavy atom. The van der Waals surface area contributed by atoms with Crippen LogP contribution in [-0.4, -0.2) is 44.5 Å². The Morgan fingerprint density at radius 1 is 1.29 bits per heavy atom. The van der Waals surface area contributed by atoms with Gasteiger partial charge in [-0.15, -0.1) is 0 Å². The van der Waals surface area contributed by atoms with Crippen LogP contribution in [0.15, 0.2) is 33.7 Å². The normalized spacial score (nSPS) is 16.8. The number of carbonyl (C=O) groups excluding carboxylic acids is 1. The van der Waals surface area contributed by atoms with Crippen LogP contribution in [0.5, 0.6) is 0 Å². The van der Waals surface area contributed by atoms with Crippen molar-refractivity contribution >= 4 is 27.8 Å². The Labute approximate surface area is 153 Å². The van der Waals surface area contributed by atoms with E-state index in [4.69, 9.17) is 0 Å². The van der Waals surface area contributed by atoms with Crippen molar-refractivity contribution in [2.75, 3.05) is 27.7 Å². The fraction of sp³-hybridized carbons (Fsp3) is 0.556. The lowest BCUT2D eigenvalue weighted by atomic mass is 9.84. The lowest BCUT2D eigenvalue weighted by Crippen LogP contribution is -2.49. The molecular weight excluding hydrogens is 368 g/mol. The number of nitrogens with zero attached hydrogens (tertiary/aromatic N) is 2. The topological polar surface area (TPSA) is 56.7 Å². The molecule has 0 radical (unpaired) electrons. The summed E-state index contributed by atoms with van der Waals surface area (Å²) in [6.45, 7) is 1.32. The average Bonchev–Trinajstić information content (AvgIpc) is 3.04. The van der Waals surface area contributed by atoms with Crippen LogP contribution in [0.25, 0.3) is 0 Å². The Morgan fingerprint density at radius 3 is 2.58 bits per heavy atom. The molecule has 1 fully saturated rings. The molecule has 0 aromatic heterocycles. The van der Waals surface area contributed by atoms with Gasteiger partial charge in [0, 0.05) is 38.7 Å². The fourth-order valence-corrected chi connectivity index (χ4v) is 3.75. The van der Waals surface area contributed by atoms with Crippen molar-refractivity contribution in [3.63, 3.8) is 0 Å². The van der Waals surface area contributed by atoms with Gasteiger partial charge in [-0.2, -0.15) is 0 Å². The van der Waals surface area contributed by atoms with Crippen molar-refractivity contribution in [3.05, 3.63) is 34.3 Å². The summed E-state index contributed by atoms with van der Waals surface area (Å²) in [4.78, 5) is 18.6. The van der Waals surface area contributed by atoms with E-state index in [0.717, 1.165) is 36.1 Å². The summed E-state index contributed by atoms with van der Waals surface area (Å²) in [5.74, 6) is 0.947. The molecule has 1 amide bonds. The van der Waals surface area contributed by atoms with Crippen LogP contribution in [0.2, 0.25) is 0 Å². The van der Waals surface area contributed by atoms with Crippen LogP contribution >= 0.6 is 15.9 Å². The van der Waals surface area contributed by atoms with Crippen molar-refractivity contribution in [2.24, 2.45) is 10.4 Å². The first-order valence-electron chi connectivity index (χ1n) is 8.37. The number of nitrogens with one attached hydrogen (secondary N) is 2. The quantitative estimate of drug-likeness (QED) is 0.596. The molecule has 6 heteroatoms. The van der Waals surface area contributed by atoms with E-state index < -0.39 is 0 Å². The van der Waals surface area contributed by atoms with Gasteiger partial charge in [0.05, 0.1) is 5.41 Å². The van der Waals surface area contributed by atoms with E-state index in [0.29, 0.717) is 13.1 Å². The van der Waals surface area contributed by atoms with E-state index in [-0.39, 0.29) is 11.3 Å². The number of benzene rings is 1. The first-order chi connectivity index (χ1) is 11.5. The van der Waals surface area contributed by atoms with E-state index >= 15 is 0 Å². The number of hydrogen-bond donors (Lipinski definition) is 2. The van der Waals surface area contributed by atoms with Crippen molar-refractivity contribution in [1.82, 2.24) is 15.5 Å². The molecule has 1 aromatic rings. The second-order valence-electron chi connectivity index (χ2n) is 6.60. The second-order valence-corrected chi connectivity index (χ2v) is 7.51.